The largest absolute Gasteiger partial charge is 0.435 e. The minimum Gasteiger partial charge on any atom is -0.435 e. The first-order chi connectivity index (χ1) is 17.0. The van der Waals surface area contributed by atoms with Crippen molar-refractivity contribution in [3.05, 3.63) is 70.2 Å². The number of benzene rings is 2. The van der Waals surface area contributed by atoms with Gasteiger partial charge in [-0.3, -0.25) is 9.69 Å². The van der Waals surface area contributed by atoms with Crippen LogP contribution >= 0.6 is 23.2 Å². The molecule has 0 atom stereocenters. The van der Waals surface area contributed by atoms with Crippen molar-refractivity contribution in [2.24, 2.45) is 0 Å². The fourth-order valence-electron chi connectivity index (χ4n) is 4.38. The lowest BCUT2D eigenvalue weighted by Crippen LogP contribution is -2.47. The van der Waals surface area contributed by atoms with Crippen LogP contribution in [0.2, 0.25) is 10.0 Å². The van der Waals surface area contributed by atoms with E-state index in [1.54, 1.807) is 4.90 Å². The van der Waals surface area contributed by atoms with Gasteiger partial charge < -0.3 is 14.2 Å². The van der Waals surface area contributed by atoms with E-state index in [4.69, 9.17) is 27.6 Å². The number of halogens is 2. The molecule has 0 bridgehead atoms. The number of carbonyl (C=O) groups is 1. The molecule has 0 spiro atoms. The summed E-state index contributed by atoms with van der Waals surface area (Å²) in [5.41, 5.74) is 2.52. The number of piperazine rings is 1. The second kappa shape index (κ2) is 11.9. The summed E-state index contributed by atoms with van der Waals surface area (Å²) in [5.74, 6) is 0.814. The molecular weight excluding hydrogens is 483 g/mol. The van der Waals surface area contributed by atoms with Gasteiger partial charge in [0, 0.05) is 51.8 Å². The van der Waals surface area contributed by atoms with E-state index in [-0.39, 0.29) is 5.91 Å². The number of amides is 1. The Balaban J connectivity index is 1.31. The van der Waals surface area contributed by atoms with Crippen LogP contribution in [0.1, 0.15) is 36.2 Å². The van der Waals surface area contributed by atoms with Crippen LogP contribution in [-0.2, 0) is 6.42 Å². The van der Waals surface area contributed by atoms with Gasteiger partial charge in [-0.1, -0.05) is 66.5 Å². The van der Waals surface area contributed by atoms with Gasteiger partial charge >= 0.3 is 0 Å². The standard InChI is InChI=1S/C27H32Cl2N4O2/c1-3-9-23-30-25(20-10-5-4-6-11-20)26(35-23)27(34)31(2)14-8-15-32-16-18-33(19-17-32)22-13-7-12-21(28)24(22)29/h4-7,10-13H,3,8-9,14-19H2,1-2H3. The van der Waals surface area contributed by atoms with E-state index in [9.17, 15) is 4.79 Å². The van der Waals surface area contributed by atoms with Crippen LogP contribution in [0.25, 0.3) is 11.3 Å². The first kappa shape index (κ1) is 25.5. The highest BCUT2D eigenvalue weighted by molar-refractivity contribution is 6.43. The van der Waals surface area contributed by atoms with E-state index >= 15 is 0 Å². The number of nitrogens with zero attached hydrogens (tertiary/aromatic N) is 4. The minimum absolute atomic E-state index is 0.126. The summed E-state index contributed by atoms with van der Waals surface area (Å²) in [5, 5.41) is 1.20. The van der Waals surface area contributed by atoms with Gasteiger partial charge in [-0.15, -0.1) is 0 Å². The van der Waals surface area contributed by atoms with Crippen molar-refractivity contribution in [2.75, 3.05) is 51.2 Å². The van der Waals surface area contributed by atoms with E-state index in [1.807, 2.05) is 55.6 Å². The molecule has 1 saturated heterocycles. The van der Waals surface area contributed by atoms with Crippen molar-refractivity contribution in [3.8, 4) is 11.3 Å². The molecular formula is C27H32Cl2N4O2. The molecule has 35 heavy (non-hydrogen) atoms. The summed E-state index contributed by atoms with van der Waals surface area (Å²) in [7, 11) is 1.83. The normalized spacial score (nSPS) is 14.3. The van der Waals surface area contributed by atoms with Crippen molar-refractivity contribution in [1.82, 2.24) is 14.8 Å². The van der Waals surface area contributed by atoms with Gasteiger partial charge in [0.15, 0.2) is 5.89 Å². The molecule has 3 aromatic rings. The molecule has 2 aromatic carbocycles. The Hall–Kier alpha value is -2.54. The maximum atomic E-state index is 13.2. The average molecular weight is 515 g/mol. The second-order valence-electron chi connectivity index (χ2n) is 8.88. The zero-order valence-electron chi connectivity index (χ0n) is 20.3. The molecule has 186 valence electrons. The van der Waals surface area contributed by atoms with Crippen LogP contribution in [0.15, 0.2) is 52.9 Å². The van der Waals surface area contributed by atoms with Crippen molar-refractivity contribution in [2.45, 2.75) is 26.2 Å². The average Bonchev–Trinajstić information content (AvgIpc) is 3.30. The number of anilines is 1. The van der Waals surface area contributed by atoms with Gasteiger partial charge in [-0.25, -0.2) is 4.98 Å². The Morgan fingerprint density at radius 1 is 1.06 bits per heavy atom. The maximum Gasteiger partial charge on any atom is 0.291 e. The van der Waals surface area contributed by atoms with Crippen LogP contribution in [-0.4, -0.2) is 67.0 Å². The van der Waals surface area contributed by atoms with E-state index < -0.39 is 0 Å². The molecule has 8 heteroatoms. The first-order valence-electron chi connectivity index (χ1n) is 12.2. The molecule has 0 radical (unpaired) electrons. The zero-order chi connectivity index (χ0) is 24.8. The fourth-order valence-corrected chi connectivity index (χ4v) is 4.79. The lowest BCUT2D eigenvalue weighted by atomic mass is 10.1. The lowest BCUT2D eigenvalue weighted by Gasteiger charge is -2.36. The Bertz CT molecular complexity index is 1130. The molecule has 1 fully saturated rings. The predicted octanol–water partition coefficient (Wildman–Crippen LogP) is 5.89. The SMILES string of the molecule is CCCc1nc(-c2ccccc2)c(C(=O)N(C)CCCN2CCN(c3cccc(Cl)c3Cl)CC2)o1. The zero-order valence-corrected chi connectivity index (χ0v) is 21.9. The number of hydrogen-bond donors (Lipinski definition) is 0. The highest BCUT2D eigenvalue weighted by Crippen LogP contribution is 2.33. The van der Waals surface area contributed by atoms with Gasteiger partial charge in [-0.2, -0.15) is 0 Å². The minimum atomic E-state index is -0.126. The molecule has 4 rings (SSSR count). The molecule has 1 aliphatic rings. The molecule has 1 amide bonds. The summed E-state index contributed by atoms with van der Waals surface area (Å²) in [6.45, 7) is 7.34. The fraction of sp³-hybridized carbons (Fsp3) is 0.407. The number of carbonyl (C=O) groups excluding carboxylic acids is 1. The van der Waals surface area contributed by atoms with Crippen LogP contribution in [0.3, 0.4) is 0 Å². The van der Waals surface area contributed by atoms with Crippen molar-refractivity contribution >= 4 is 34.8 Å². The lowest BCUT2D eigenvalue weighted by molar-refractivity contribution is 0.0755. The maximum absolute atomic E-state index is 13.2. The van der Waals surface area contributed by atoms with Gasteiger partial charge in [0.1, 0.15) is 5.69 Å². The highest BCUT2D eigenvalue weighted by atomic mass is 35.5. The smallest absolute Gasteiger partial charge is 0.291 e. The number of hydrogen-bond acceptors (Lipinski definition) is 5. The number of aryl methyl sites for hydroxylation is 1. The molecule has 1 aliphatic heterocycles. The Morgan fingerprint density at radius 3 is 2.51 bits per heavy atom. The van der Waals surface area contributed by atoms with Crippen LogP contribution in [0.5, 0.6) is 0 Å². The monoisotopic (exact) mass is 514 g/mol. The van der Waals surface area contributed by atoms with E-state index in [0.29, 0.717) is 40.4 Å². The second-order valence-corrected chi connectivity index (χ2v) is 9.67. The van der Waals surface area contributed by atoms with Crippen molar-refractivity contribution in [3.63, 3.8) is 0 Å². The molecule has 0 N–H and O–H groups in total. The molecule has 6 nitrogen and oxygen atoms in total. The third kappa shape index (κ3) is 6.18. The topological polar surface area (TPSA) is 52.8 Å². The highest BCUT2D eigenvalue weighted by Gasteiger charge is 2.25. The third-order valence-electron chi connectivity index (χ3n) is 6.34. The van der Waals surface area contributed by atoms with E-state index in [2.05, 4.69) is 21.7 Å². The molecule has 2 heterocycles. The Kier molecular flexibility index (Phi) is 8.71. The molecule has 0 saturated carbocycles. The van der Waals surface area contributed by atoms with Crippen LogP contribution in [0, 0.1) is 0 Å². The van der Waals surface area contributed by atoms with Crippen molar-refractivity contribution in [1.29, 1.82) is 0 Å². The Morgan fingerprint density at radius 2 is 1.80 bits per heavy atom. The Labute approximate surface area is 217 Å². The van der Waals surface area contributed by atoms with Crippen LogP contribution < -0.4 is 4.90 Å². The van der Waals surface area contributed by atoms with E-state index in [1.165, 1.54) is 0 Å². The van der Waals surface area contributed by atoms with Gasteiger partial charge in [0.2, 0.25) is 5.76 Å². The predicted molar refractivity (Wildman–Crippen MR) is 143 cm³/mol. The quantitative estimate of drug-likeness (QED) is 0.356. The summed E-state index contributed by atoms with van der Waals surface area (Å²) < 4.78 is 5.92. The first-order valence-corrected chi connectivity index (χ1v) is 13.0. The van der Waals surface area contributed by atoms with Gasteiger partial charge in [0.25, 0.3) is 5.91 Å². The van der Waals surface area contributed by atoms with Gasteiger partial charge in [-0.05, 0) is 31.5 Å². The molecule has 1 aromatic heterocycles. The summed E-state index contributed by atoms with van der Waals surface area (Å²) in [6, 6.07) is 15.5. The van der Waals surface area contributed by atoms with Crippen molar-refractivity contribution < 1.29 is 9.21 Å². The number of rotatable bonds is 9. The van der Waals surface area contributed by atoms with E-state index in [0.717, 1.165) is 56.8 Å². The molecule has 0 unspecified atom stereocenters. The van der Waals surface area contributed by atoms with Crippen LogP contribution in [0.4, 0.5) is 5.69 Å². The van der Waals surface area contributed by atoms with Gasteiger partial charge in [0.05, 0.1) is 15.7 Å². The number of aromatic nitrogens is 1. The summed E-state index contributed by atoms with van der Waals surface area (Å²) in [4.78, 5) is 24.3. The third-order valence-corrected chi connectivity index (χ3v) is 7.14. The summed E-state index contributed by atoms with van der Waals surface area (Å²) >= 11 is 12.6. The number of oxazole rings is 1. The molecule has 0 aliphatic carbocycles. The summed E-state index contributed by atoms with van der Waals surface area (Å²) in [6.07, 6.45) is 2.51.